The van der Waals surface area contributed by atoms with Crippen LogP contribution in [0.25, 0.3) is 0 Å². The first-order valence-electron chi connectivity index (χ1n) is 6.61. The first-order valence-corrected chi connectivity index (χ1v) is 7.37. The third-order valence-electron chi connectivity index (χ3n) is 3.11. The maximum absolute atomic E-state index is 11.9. The van der Waals surface area contributed by atoms with Crippen molar-refractivity contribution in [3.8, 4) is 12.1 Å². The number of carbonyl (C=O) groups excluding carboxylic acids is 1. The molecule has 1 aromatic heterocycles. The van der Waals surface area contributed by atoms with Gasteiger partial charge in [0.1, 0.15) is 18.7 Å². The summed E-state index contributed by atoms with van der Waals surface area (Å²) < 4.78 is 1.33. The molecule has 0 saturated heterocycles. The van der Waals surface area contributed by atoms with Crippen LogP contribution in [0.5, 0.6) is 0 Å². The highest BCUT2D eigenvalue weighted by molar-refractivity contribution is 6.42. The number of amides is 1. The number of nitriles is 2. The van der Waals surface area contributed by atoms with Gasteiger partial charge in [-0.25, -0.2) is 4.98 Å². The van der Waals surface area contributed by atoms with Crippen LogP contribution in [0.15, 0.2) is 24.5 Å². The molecule has 1 aromatic carbocycles. The van der Waals surface area contributed by atoms with Crippen LogP contribution in [0.2, 0.25) is 10.0 Å². The van der Waals surface area contributed by atoms with Crippen LogP contribution in [0.4, 0.5) is 0 Å². The fraction of sp³-hybridized carbons (Fsp3) is 0.200. The second kappa shape index (κ2) is 7.64. The predicted molar refractivity (Wildman–Crippen MR) is 84.8 cm³/mol. The lowest BCUT2D eigenvalue weighted by Crippen LogP contribution is -2.29. The summed E-state index contributed by atoms with van der Waals surface area (Å²) in [6, 6.07) is 8.99. The lowest BCUT2D eigenvalue weighted by Gasteiger charge is -2.08. The van der Waals surface area contributed by atoms with Crippen molar-refractivity contribution in [1.82, 2.24) is 14.9 Å². The molecule has 2 rings (SSSR count). The van der Waals surface area contributed by atoms with Gasteiger partial charge in [-0.05, 0) is 18.1 Å². The summed E-state index contributed by atoms with van der Waals surface area (Å²) in [6.45, 7) is 0.293. The molecule has 0 saturated carbocycles. The third kappa shape index (κ3) is 4.01. The zero-order chi connectivity index (χ0) is 16.8. The first-order chi connectivity index (χ1) is 11.1. The highest BCUT2D eigenvalue weighted by atomic mass is 35.5. The van der Waals surface area contributed by atoms with Crippen LogP contribution in [-0.2, 0) is 17.8 Å². The minimum atomic E-state index is -0.290. The highest BCUT2D eigenvalue weighted by Gasteiger charge is 2.12. The quantitative estimate of drug-likeness (QED) is 0.897. The van der Waals surface area contributed by atoms with Crippen molar-refractivity contribution in [2.45, 2.75) is 13.0 Å². The molecule has 0 bridgehead atoms. The molecule has 0 aliphatic carbocycles. The van der Waals surface area contributed by atoms with E-state index in [1.807, 2.05) is 12.1 Å². The van der Waals surface area contributed by atoms with E-state index in [0.29, 0.717) is 23.0 Å². The number of aromatic nitrogens is 2. The molecule has 0 spiro atoms. The molecule has 0 radical (unpaired) electrons. The van der Waals surface area contributed by atoms with Gasteiger partial charge in [0.2, 0.25) is 5.91 Å². The van der Waals surface area contributed by atoms with E-state index in [1.165, 1.54) is 10.9 Å². The number of imidazole rings is 1. The molecule has 0 fully saturated rings. The van der Waals surface area contributed by atoms with Gasteiger partial charge in [-0.15, -0.1) is 0 Å². The number of hydrogen-bond donors (Lipinski definition) is 1. The number of nitrogens with zero attached hydrogens (tertiary/aromatic N) is 4. The van der Waals surface area contributed by atoms with E-state index in [1.54, 1.807) is 18.2 Å². The summed E-state index contributed by atoms with van der Waals surface area (Å²) >= 11 is 12.0. The predicted octanol–water partition coefficient (Wildman–Crippen LogP) is 2.29. The molecule has 1 N–H and O–H groups in total. The van der Waals surface area contributed by atoms with Crippen molar-refractivity contribution in [2.75, 3.05) is 6.54 Å². The number of rotatable bonds is 5. The monoisotopic (exact) mass is 347 g/mol. The maximum atomic E-state index is 11.9. The van der Waals surface area contributed by atoms with Crippen molar-refractivity contribution >= 4 is 29.1 Å². The van der Waals surface area contributed by atoms with Gasteiger partial charge >= 0.3 is 0 Å². The average molecular weight is 348 g/mol. The van der Waals surface area contributed by atoms with Crippen molar-refractivity contribution in [3.63, 3.8) is 0 Å². The van der Waals surface area contributed by atoms with Crippen LogP contribution in [-0.4, -0.2) is 22.0 Å². The number of hydrogen-bond acceptors (Lipinski definition) is 4. The molecule has 6 nitrogen and oxygen atoms in total. The Hall–Kier alpha value is -2.54. The smallest absolute Gasteiger partial charge is 0.240 e. The molecule has 0 aliphatic rings. The summed E-state index contributed by atoms with van der Waals surface area (Å²) in [5.74, 6) is -0.290. The Bertz CT molecular complexity index is 816. The fourth-order valence-electron chi connectivity index (χ4n) is 1.99. The minimum Gasteiger partial charge on any atom is -0.354 e. The van der Waals surface area contributed by atoms with Gasteiger partial charge in [-0.3, -0.25) is 4.79 Å². The maximum Gasteiger partial charge on any atom is 0.240 e. The van der Waals surface area contributed by atoms with Gasteiger partial charge in [-0.1, -0.05) is 35.3 Å². The fourth-order valence-corrected chi connectivity index (χ4v) is 2.40. The molecule has 116 valence electrons. The van der Waals surface area contributed by atoms with Gasteiger partial charge in [0.05, 0.1) is 16.4 Å². The van der Waals surface area contributed by atoms with Crippen molar-refractivity contribution in [3.05, 3.63) is 51.5 Å². The number of benzene rings is 1. The van der Waals surface area contributed by atoms with Crippen molar-refractivity contribution in [2.24, 2.45) is 0 Å². The van der Waals surface area contributed by atoms with Crippen LogP contribution < -0.4 is 5.32 Å². The van der Waals surface area contributed by atoms with E-state index in [9.17, 15) is 4.79 Å². The van der Waals surface area contributed by atoms with E-state index in [-0.39, 0.29) is 23.8 Å². The zero-order valence-corrected chi connectivity index (χ0v) is 13.4. The molecule has 23 heavy (non-hydrogen) atoms. The molecule has 1 heterocycles. The molecule has 8 heteroatoms. The first kappa shape index (κ1) is 16.8. The molecule has 0 atom stereocenters. The van der Waals surface area contributed by atoms with E-state index in [2.05, 4.69) is 10.3 Å². The molecular formula is C15H11Cl2N5O. The van der Waals surface area contributed by atoms with Crippen LogP contribution in [0.1, 0.15) is 17.0 Å². The van der Waals surface area contributed by atoms with Crippen LogP contribution >= 0.6 is 23.2 Å². The van der Waals surface area contributed by atoms with Gasteiger partial charge in [0.15, 0.2) is 11.4 Å². The summed E-state index contributed by atoms with van der Waals surface area (Å²) in [6.07, 6.45) is 1.83. The molecule has 0 aliphatic heterocycles. The van der Waals surface area contributed by atoms with Crippen LogP contribution in [0, 0.1) is 22.7 Å². The SMILES string of the molecule is N#Cc1ncn(CC(=O)NCCc2cccc(Cl)c2Cl)c1C#N. The second-order valence-corrected chi connectivity index (χ2v) is 5.39. The number of carbonyl (C=O) groups is 1. The number of halogens is 2. The van der Waals surface area contributed by atoms with E-state index in [0.717, 1.165) is 5.56 Å². The summed E-state index contributed by atoms with van der Waals surface area (Å²) in [7, 11) is 0. The molecular weight excluding hydrogens is 337 g/mol. The second-order valence-electron chi connectivity index (χ2n) is 4.61. The van der Waals surface area contributed by atoms with E-state index >= 15 is 0 Å². The van der Waals surface area contributed by atoms with E-state index < -0.39 is 0 Å². The lowest BCUT2D eigenvalue weighted by molar-refractivity contribution is -0.121. The Morgan fingerprint density at radius 1 is 1.30 bits per heavy atom. The summed E-state index contributed by atoms with van der Waals surface area (Å²) in [5, 5.41) is 21.5. The minimum absolute atomic E-state index is 0.00556. The molecule has 0 unspecified atom stereocenters. The average Bonchev–Trinajstić information content (AvgIpc) is 2.93. The summed E-state index contributed by atoms with van der Waals surface area (Å²) in [4.78, 5) is 15.7. The van der Waals surface area contributed by atoms with Crippen molar-refractivity contribution in [1.29, 1.82) is 10.5 Å². The topological polar surface area (TPSA) is 94.5 Å². The van der Waals surface area contributed by atoms with Crippen molar-refractivity contribution < 1.29 is 4.79 Å². The van der Waals surface area contributed by atoms with Gasteiger partial charge in [0, 0.05) is 6.54 Å². The Kier molecular flexibility index (Phi) is 5.59. The van der Waals surface area contributed by atoms with Crippen LogP contribution in [0.3, 0.4) is 0 Å². The van der Waals surface area contributed by atoms with Gasteiger partial charge < -0.3 is 9.88 Å². The highest BCUT2D eigenvalue weighted by Crippen LogP contribution is 2.25. The Labute approximate surface area is 142 Å². The Morgan fingerprint density at radius 2 is 2.09 bits per heavy atom. The third-order valence-corrected chi connectivity index (χ3v) is 3.97. The van der Waals surface area contributed by atoms with Gasteiger partial charge in [-0.2, -0.15) is 10.5 Å². The number of nitrogens with one attached hydrogen (secondary N) is 1. The largest absolute Gasteiger partial charge is 0.354 e. The Balaban J connectivity index is 1.91. The Morgan fingerprint density at radius 3 is 2.78 bits per heavy atom. The normalized spacial score (nSPS) is 9.91. The summed E-state index contributed by atoms with van der Waals surface area (Å²) in [5.41, 5.74) is 0.915. The lowest BCUT2D eigenvalue weighted by atomic mass is 10.1. The molecule has 1 amide bonds. The van der Waals surface area contributed by atoms with E-state index in [4.69, 9.17) is 33.7 Å². The van der Waals surface area contributed by atoms with Gasteiger partial charge in [0.25, 0.3) is 0 Å². The zero-order valence-electron chi connectivity index (χ0n) is 11.9. The molecule has 2 aromatic rings. The standard InChI is InChI=1S/C15H11Cl2N5O/c16-11-3-1-2-10(15(11)17)4-5-20-14(23)8-22-9-21-12(6-18)13(22)7-19/h1-3,9H,4-5,8H2,(H,20,23).